The number of ether oxygens (including phenoxy) is 1. The fourth-order valence-electron chi connectivity index (χ4n) is 0.853. The van der Waals surface area contributed by atoms with Crippen LogP contribution < -0.4 is 15.9 Å². The van der Waals surface area contributed by atoms with Gasteiger partial charge in [-0.25, -0.2) is 0 Å². The molecule has 0 bridgehead atoms. The van der Waals surface area contributed by atoms with Crippen LogP contribution in [-0.2, 0) is 0 Å². The number of halogens is 3. The number of rotatable bonds is 1. The molecule has 0 amide bonds. The summed E-state index contributed by atoms with van der Waals surface area (Å²) in [5.41, 5.74) is 3.38. The van der Waals surface area contributed by atoms with Gasteiger partial charge in [0.2, 0.25) is 11.3 Å². The molecule has 0 atom stereocenters. The Bertz CT molecular complexity index is 472. The maximum Gasteiger partial charge on any atom is 0.574 e. The lowest BCUT2D eigenvalue weighted by Crippen LogP contribution is -2.21. The number of nitrogens with two attached hydrogens (primary N) is 1. The Morgan fingerprint density at radius 1 is 1.53 bits per heavy atom. The van der Waals surface area contributed by atoms with Crippen molar-refractivity contribution in [2.24, 2.45) is 0 Å². The number of nitrogen functional groups attached to an aromatic ring is 1. The zero-order valence-electron chi connectivity index (χ0n) is 7.05. The van der Waals surface area contributed by atoms with Crippen molar-refractivity contribution in [1.29, 1.82) is 5.26 Å². The van der Waals surface area contributed by atoms with Crippen LogP contribution >= 0.6 is 0 Å². The van der Waals surface area contributed by atoms with Crippen molar-refractivity contribution in [3.8, 4) is 11.9 Å². The maximum atomic E-state index is 11.8. The van der Waals surface area contributed by atoms with Crippen LogP contribution in [0, 0.1) is 11.3 Å². The third-order valence-corrected chi connectivity index (χ3v) is 1.35. The summed E-state index contributed by atoms with van der Waals surface area (Å²) in [5, 5.41) is 8.43. The molecule has 0 fully saturated rings. The van der Waals surface area contributed by atoms with Gasteiger partial charge in [0.05, 0.1) is 0 Å². The van der Waals surface area contributed by atoms with E-state index in [1.165, 1.54) is 6.07 Å². The van der Waals surface area contributed by atoms with Gasteiger partial charge in [0.1, 0.15) is 11.9 Å². The van der Waals surface area contributed by atoms with Gasteiger partial charge in [0.25, 0.3) is 0 Å². The lowest BCUT2D eigenvalue weighted by Gasteiger charge is -2.09. The molecule has 0 radical (unpaired) electrons. The number of nitrogens with zero attached hydrogens (tertiary/aromatic N) is 1. The summed E-state index contributed by atoms with van der Waals surface area (Å²) in [6, 6.07) is 2.08. The number of nitrogens with one attached hydrogen (secondary N) is 1. The Hall–Kier alpha value is -2.17. The molecule has 1 rings (SSSR count). The van der Waals surface area contributed by atoms with Crippen LogP contribution in [0.2, 0.25) is 0 Å². The molecular weight excluding hydrogens is 215 g/mol. The molecule has 0 aromatic carbocycles. The monoisotopic (exact) mass is 219 g/mol. The highest BCUT2D eigenvalue weighted by molar-refractivity contribution is 5.44. The van der Waals surface area contributed by atoms with Gasteiger partial charge >= 0.3 is 6.36 Å². The second kappa shape index (κ2) is 3.53. The summed E-state index contributed by atoms with van der Waals surface area (Å²) >= 11 is 0. The van der Waals surface area contributed by atoms with E-state index in [0.717, 1.165) is 6.07 Å². The molecule has 8 heteroatoms. The second-order valence-corrected chi connectivity index (χ2v) is 2.45. The molecular formula is C7H4F3N3O2. The van der Waals surface area contributed by atoms with Gasteiger partial charge in [0.15, 0.2) is 5.56 Å². The first-order valence-electron chi connectivity index (χ1n) is 3.52. The van der Waals surface area contributed by atoms with Gasteiger partial charge in [-0.05, 0) is 0 Å². The molecule has 1 aromatic rings. The molecule has 0 saturated carbocycles. The van der Waals surface area contributed by atoms with Crippen molar-refractivity contribution in [2.45, 2.75) is 6.36 Å². The van der Waals surface area contributed by atoms with Gasteiger partial charge in [-0.2, -0.15) is 5.26 Å². The minimum Gasteiger partial charge on any atom is -0.388 e. The fraction of sp³-hybridized carbons (Fsp3) is 0.143. The molecule has 15 heavy (non-hydrogen) atoms. The predicted molar refractivity (Wildman–Crippen MR) is 42.9 cm³/mol. The average Bonchev–Trinajstić information content (AvgIpc) is 1.99. The maximum absolute atomic E-state index is 11.8. The molecule has 0 aliphatic rings. The number of anilines is 1. The van der Waals surface area contributed by atoms with Crippen molar-refractivity contribution in [1.82, 2.24) is 4.98 Å². The highest BCUT2D eigenvalue weighted by Crippen LogP contribution is 2.22. The smallest absolute Gasteiger partial charge is 0.388 e. The Morgan fingerprint density at radius 2 is 2.13 bits per heavy atom. The third kappa shape index (κ3) is 2.63. The van der Waals surface area contributed by atoms with E-state index in [9.17, 15) is 18.0 Å². The summed E-state index contributed by atoms with van der Waals surface area (Å²) in [4.78, 5) is 12.9. The van der Waals surface area contributed by atoms with Crippen LogP contribution in [0.3, 0.4) is 0 Å². The molecule has 1 heterocycles. The van der Waals surface area contributed by atoms with Crippen molar-refractivity contribution in [3.05, 3.63) is 21.9 Å². The van der Waals surface area contributed by atoms with Crippen molar-refractivity contribution < 1.29 is 17.9 Å². The zero-order chi connectivity index (χ0) is 11.6. The summed E-state index contributed by atoms with van der Waals surface area (Å²) in [5.74, 6) is -1.33. The molecule has 1 aromatic heterocycles. The van der Waals surface area contributed by atoms with Crippen LogP contribution in [0.25, 0.3) is 0 Å². The number of hydrogen-bond donors (Lipinski definition) is 2. The van der Waals surface area contributed by atoms with Crippen molar-refractivity contribution in [3.63, 3.8) is 0 Å². The van der Waals surface area contributed by atoms with Crippen LogP contribution in [0.1, 0.15) is 5.56 Å². The lowest BCUT2D eigenvalue weighted by molar-refractivity contribution is -0.276. The molecule has 3 N–H and O–H groups in total. The van der Waals surface area contributed by atoms with E-state index >= 15 is 0 Å². The lowest BCUT2D eigenvalue weighted by atomic mass is 10.3. The summed E-state index contributed by atoms with van der Waals surface area (Å²) < 4.78 is 38.9. The first-order chi connectivity index (χ1) is 6.83. The number of hydrogen-bond acceptors (Lipinski definition) is 4. The van der Waals surface area contributed by atoms with E-state index in [1.807, 2.05) is 4.98 Å². The minimum absolute atomic E-state index is 0.321. The molecule has 0 saturated heterocycles. The fourth-order valence-corrected chi connectivity index (χ4v) is 0.853. The quantitative estimate of drug-likeness (QED) is 0.728. The van der Waals surface area contributed by atoms with Gasteiger partial charge in [-0.1, -0.05) is 0 Å². The van der Waals surface area contributed by atoms with E-state index < -0.39 is 23.2 Å². The Labute approximate surface area is 80.9 Å². The first-order valence-corrected chi connectivity index (χ1v) is 3.52. The van der Waals surface area contributed by atoms with Crippen LogP contribution in [0.4, 0.5) is 19.0 Å². The number of alkyl halides is 3. The van der Waals surface area contributed by atoms with Crippen molar-refractivity contribution in [2.75, 3.05) is 5.73 Å². The molecule has 0 aliphatic heterocycles. The van der Waals surface area contributed by atoms with E-state index in [0.29, 0.717) is 0 Å². The van der Waals surface area contributed by atoms with E-state index in [4.69, 9.17) is 11.0 Å². The SMILES string of the molecule is N#Cc1c(OC(F)(F)F)[nH]c(N)cc1=O. The van der Waals surface area contributed by atoms with Gasteiger partial charge in [0, 0.05) is 6.07 Å². The summed E-state index contributed by atoms with van der Waals surface area (Å²) in [7, 11) is 0. The molecule has 0 unspecified atom stereocenters. The van der Waals surface area contributed by atoms with E-state index in [1.54, 1.807) is 0 Å². The molecule has 0 spiro atoms. The van der Waals surface area contributed by atoms with Gasteiger partial charge in [-0.3, -0.25) is 4.79 Å². The van der Waals surface area contributed by atoms with Crippen LogP contribution in [0.15, 0.2) is 10.9 Å². The summed E-state index contributed by atoms with van der Waals surface area (Å²) in [6.07, 6.45) is -5.00. The Kier molecular flexibility index (Phi) is 2.57. The third-order valence-electron chi connectivity index (χ3n) is 1.35. The number of H-pyrrole nitrogens is 1. The van der Waals surface area contributed by atoms with E-state index in [2.05, 4.69) is 4.74 Å². The topological polar surface area (TPSA) is 91.9 Å². The molecule has 5 nitrogen and oxygen atoms in total. The number of pyridine rings is 1. The standard InChI is InChI=1S/C7H4F3N3O2/c8-7(9,10)15-6-3(2-11)4(14)1-5(12)13-6/h1H,(H3,12,13,14). The predicted octanol–water partition coefficient (Wildman–Crippen LogP) is 0.727. The number of nitriles is 1. The highest BCUT2D eigenvalue weighted by Gasteiger charge is 2.33. The highest BCUT2D eigenvalue weighted by atomic mass is 19.4. The number of aromatic nitrogens is 1. The Morgan fingerprint density at radius 3 is 2.60 bits per heavy atom. The normalized spacial score (nSPS) is 10.8. The largest absolute Gasteiger partial charge is 0.574 e. The summed E-state index contributed by atoms with van der Waals surface area (Å²) in [6.45, 7) is 0. The van der Waals surface area contributed by atoms with Gasteiger partial charge < -0.3 is 15.5 Å². The molecule has 80 valence electrons. The number of aromatic amines is 1. The zero-order valence-corrected chi connectivity index (χ0v) is 7.05. The van der Waals surface area contributed by atoms with Crippen molar-refractivity contribution >= 4 is 5.82 Å². The first kappa shape index (κ1) is 10.9. The second-order valence-electron chi connectivity index (χ2n) is 2.45. The van der Waals surface area contributed by atoms with Crippen LogP contribution in [0.5, 0.6) is 5.88 Å². The minimum atomic E-state index is -5.00. The van der Waals surface area contributed by atoms with E-state index in [-0.39, 0.29) is 5.82 Å². The van der Waals surface area contributed by atoms with Gasteiger partial charge in [-0.15, -0.1) is 13.2 Å². The van der Waals surface area contributed by atoms with Crippen LogP contribution in [-0.4, -0.2) is 11.3 Å². The molecule has 0 aliphatic carbocycles. The Balaban J connectivity index is 3.29. The average molecular weight is 219 g/mol.